The zero-order chi connectivity index (χ0) is 12.1. The van der Waals surface area contributed by atoms with Gasteiger partial charge in [0, 0.05) is 0 Å². The van der Waals surface area contributed by atoms with E-state index in [0.29, 0.717) is 17.8 Å². The summed E-state index contributed by atoms with van der Waals surface area (Å²) in [4.78, 5) is 11.7. The molecule has 2 heteroatoms. The van der Waals surface area contributed by atoms with Crippen LogP contribution in [-0.2, 0) is 9.53 Å². The van der Waals surface area contributed by atoms with Crippen LogP contribution >= 0.6 is 0 Å². The molecule has 0 radical (unpaired) electrons. The van der Waals surface area contributed by atoms with Crippen LogP contribution in [-0.4, -0.2) is 12.1 Å². The van der Waals surface area contributed by atoms with Gasteiger partial charge in [0.05, 0.1) is 5.92 Å². The predicted octanol–water partition coefficient (Wildman–Crippen LogP) is 3.26. The first kappa shape index (κ1) is 11.9. The van der Waals surface area contributed by atoms with E-state index in [0.717, 1.165) is 12.8 Å². The van der Waals surface area contributed by atoms with E-state index in [1.807, 2.05) is 0 Å². The molecule has 3 unspecified atom stereocenters. The lowest BCUT2D eigenvalue weighted by molar-refractivity contribution is -0.144. The number of hydrogen-bond donors (Lipinski definition) is 0. The summed E-state index contributed by atoms with van der Waals surface area (Å²) in [7, 11) is 0. The number of ether oxygens (including phenoxy) is 1. The van der Waals surface area contributed by atoms with Crippen LogP contribution in [0.3, 0.4) is 0 Å². The van der Waals surface area contributed by atoms with Gasteiger partial charge in [-0.05, 0) is 36.0 Å². The SMILES string of the molecule is CC(C)C1(C(C)C)CC2CC(OC2=O)C1C. The highest BCUT2D eigenvalue weighted by Gasteiger charge is 2.56. The predicted molar refractivity (Wildman–Crippen MR) is 63.9 cm³/mol. The van der Waals surface area contributed by atoms with Gasteiger partial charge >= 0.3 is 5.97 Å². The Bertz CT molecular complexity index is 285. The van der Waals surface area contributed by atoms with Crippen LogP contribution < -0.4 is 0 Å². The lowest BCUT2D eigenvalue weighted by Crippen LogP contribution is -2.47. The highest BCUT2D eigenvalue weighted by Crippen LogP contribution is 2.56. The second-order valence-electron chi connectivity index (χ2n) is 6.32. The molecule has 0 amide bonds. The van der Waals surface area contributed by atoms with E-state index in [2.05, 4.69) is 34.6 Å². The molecular formula is C14H24O2. The molecule has 2 bridgehead atoms. The molecule has 2 rings (SSSR count). The van der Waals surface area contributed by atoms with Gasteiger partial charge in [0.15, 0.2) is 0 Å². The van der Waals surface area contributed by atoms with Crippen LogP contribution in [0.25, 0.3) is 0 Å². The molecule has 0 N–H and O–H groups in total. The Kier molecular flexibility index (Phi) is 2.80. The molecule has 3 atom stereocenters. The van der Waals surface area contributed by atoms with E-state index in [-0.39, 0.29) is 23.4 Å². The van der Waals surface area contributed by atoms with Crippen molar-refractivity contribution in [2.75, 3.05) is 0 Å². The summed E-state index contributed by atoms with van der Waals surface area (Å²) in [5.41, 5.74) is 0.278. The molecule has 1 saturated carbocycles. The maximum Gasteiger partial charge on any atom is 0.309 e. The number of rotatable bonds is 2. The van der Waals surface area contributed by atoms with Crippen molar-refractivity contribution in [1.82, 2.24) is 0 Å². The fraction of sp³-hybridized carbons (Fsp3) is 0.929. The third-order valence-corrected chi connectivity index (χ3v) is 5.27. The van der Waals surface area contributed by atoms with E-state index in [9.17, 15) is 4.79 Å². The molecule has 0 aromatic heterocycles. The van der Waals surface area contributed by atoms with E-state index >= 15 is 0 Å². The Balaban J connectivity index is 2.36. The lowest BCUT2D eigenvalue weighted by Gasteiger charge is -2.50. The van der Waals surface area contributed by atoms with Gasteiger partial charge in [-0.25, -0.2) is 0 Å². The summed E-state index contributed by atoms with van der Waals surface area (Å²) in [5.74, 6) is 1.95. The summed E-state index contributed by atoms with van der Waals surface area (Å²) >= 11 is 0. The first-order valence-electron chi connectivity index (χ1n) is 6.60. The standard InChI is InChI=1S/C14H24O2/c1-8(2)14(9(3)4)7-11-6-12(10(14)5)16-13(11)15/h8-12H,6-7H2,1-5H3. The second kappa shape index (κ2) is 3.75. The Morgan fingerprint density at radius 3 is 2.31 bits per heavy atom. The van der Waals surface area contributed by atoms with Gasteiger partial charge in [0.1, 0.15) is 6.10 Å². The van der Waals surface area contributed by atoms with Crippen LogP contribution in [0.15, 0.2) is 0 Å². The van der Waals surface area contributed by atoms with Crippen molar-refractivity contribution in [3.63, 3.8) is 0 Å². The molecule has 0 spiro atoms. The minimum Gasteiger partial charge on any atom is -0.462 e. The zero-order valence-electron chi connectivity index (χ0n) is 11.1. The summed E-state index contributed by atoms with van der Waals surface area (Å²) in [5, 5.41) is 0. The molecule has 16 heavy (non-hydrogen) atoms. The Morgan fingerprint density at radius 2 is 1.81 bits per heavy atom. The zero-order valence-corrected chi connectivity index (χ0v) is 11.1. The molecular weight excluding hydrogens is 200 g/mol. The Hall–Kier alpha value is -0.530. The molecule has 2 fully saturated rings. The second-order valence-corrected chi connectivity index (χ2v) is 6.32. The van der Waals surface area contributed by atoms with Crippen molar-refractivity contribution in [2.24, 2.45) is 29.1 Å². The number of fused-ring (bicyclic) bond motifs is 2. The Morgan fingerprint density at radius 1 is 1.25 bits per heavy atom. The first-order valence-corrected chi connectivity index (χ1v) is 6.60. The van der Waals surface area contributed by atoms with Crippen molar-refractivity contribution in [3.8, 4) is 0 Å². The van der Waals surface area contributed by atoms with E-state index in [1.165, 1.54) is 0 Å². The van der Waals surface area contributed by atoms with Crippen LogP contribution in [0.4, 0.5) is 0 Å². The van der Waals surface area contributed by atoms with Crippen molar-refractivity contribution in [1.29, 1.82) is 0 Å². The third-order valence-electron chi connectivity index (χ3n) is 5.27. The monoisotopic (exact) mass is 224 g/mol. The topological polar surface area (TPSA) is 26.3 Å². The largest absolute Gasteiger partial charge is 0.462 e. The molecule has 1 aliphatic carbocycles. The molecule has 1 heterocycles. The van der Waals surface area contributed by atoms with Crippen molar-refractivity contribution < 1.29 is 9.53 Å². The van der Waals surface area contributed by atoms with Crippen molar-refractivity contribution >= 4 is 5.97 Å². The maximum absolute atomic E-state index is 11.7. The van der Waals surface area contributed by atoms with Gasteiger partial charge in [0.2, 0.25) is 0 Å². The third kappa shape index (κ3) is 1.42. The van der Waals surface area contributed by atoms with Crippen LogP contribution in [0.2, 0.25) is 0 Å². The van der Waals surface area contributed by atoms with Crippen LogP contribution in [0.5, 0.6) is 0 Å². The van der Waals surface area contributed by atoms with Gasteiger partial charge in [-0.2, -0.15) is 0 Å². The van der Waals surface area contributed by atoms with Gasteiger partial charge in [-0.15, -0.1) is 0 Å². The maximum atomic E-state index is 11.7. The average Bonchev–Trinajstić information content (AvgIpc) is 2.49. The van der Waals surface area contributed by atoms with Gasteiger partial charge < -0.3 is 4.74 Å². The number of hydrogen-bond acceptors (Lipinski definition) is 2. The van der Waals surface area contributed by atoms with Gasteiger partial charge in [0.25, 0.3) is 0 Å². The van der Waals surface area contributed by atoms with Crippen molar-refractivity contribution in [2.45, 2.75) is 53.6 Å². The van der Waals surface area contributed by atoms with Crippen molar-refractivity contribution in [3.05, 3.63) is 0 Å². The molecule has 2 nitrogen and oxygen atoms in total. The van der Waals surface area contributed by atoms with Gasteiger partial charge in [-0.1, -0.05) is 34.6 Å². The van der Waals surface area contributed by atoms with Gasteiger partial charge in [-0.3, -0.25) is 4.79 Å². The lowest BCUT2D eigenvalue weighted by atomic mass is 9.53. The average molecular weight is 224 g/mol. The minimum absolute atomic E-state index is 0.0556. The first-order chi connectivity index (χ1) is 7.39. The molecule has 1 saturated heterocycles. The summed E-state index contributed by atoms with van der Waals surface area (Å²) < 4.78 is 5.51. The summed E-state index contributed by atoms with van der Waals surface area (Å²) in [6.45, 7) is 11.5. The molecule has 0 aromatic rings. The van der Waals surface area contributed by atoms with Crippen LogP contribution in [0.1, 0.15) is 47.5 Å². The highest BCUT2D eigenvalue weighted by atomic mass is 16.6. The molecule has 92 valence electrons. The Labute approximate surface area is 98.7 Å². The summed E-state index contributed by atoms with van der Waals surface area (Å²) in [6, 6.07) is 0. The number of carbonyl (C=O) groups excluding carboxylic acids is 1. The van der Waals surface area contributed by atoms with E-state index < -0.39 is 0 Å². The molecule has 0 aromatic carbocycles. The number of esters is 1. The fourth-order valence-electron chi connectivity index (χ4n) is 4.29. The number of carbonyl (C=O) groups is 1. The molecule has 2 aliphatic rings. The summed E-state index contributed by atoms with van der Waals surface area (Å²) in [6.07, 6.45) is 2.16. The highest BCUT2D eigenvalue weighted by molar-refractivity contribution is 5.75. The van der Waals surface area contributed by atoms with Crippen LogP contribution in [0, 0.1) is 29.1 Å². The quantitative estimate of drug-likeness (QED) is 0.673. The molecule has 1 aliphatic heterocycles. The van der Waals surface area contributed by atoms with E-state index in [1.54, 1.807) is 0 Å². The fourth-order valence-corrected chi connectivity index (χ4v) is 4.29. The smallest absolute Gasteiger partial charge is 0.309 e. The minimum atomic E-state index is 0.0556. The normalized spacial score (nSPS) is 36.9. The van der Waals surface area contributed by atoms with E-state index in [4.69, 9.17) is 4.74 Å².